The van der Waals surface area contributed by atoms with Crippen LogP contribution >= 0.6 is 15.9 Å². The van der Waals surface area contributed by atoms with E-state index in [1.165, 1.54) is 0 Å². The highest BCUT2D eigenvalue weighted by Crippen LogP contribution is 2.23. The summed E-state index contributed by atoms with van der Waals surface area (Å²) in [6.45, 7) is 2.41. The van der Waals surface area contributed by atoms with Crippen LogP contribution in [0.2, 0.25) is 0 Å². The molecule has 1 amide bonds. The smallest absolute Gasteiger partial charge is 0.283 e. The first-order chi connectivity index (χ1) is 6.15. The Morgan fingerprint density at radius 3 is 3.15 bits per heavy atom. The molecule has 2 atom stereocenters. The lowest BCUT2D eigenvalue weighted by Gasteiger charge is -2.26. The molecule has 0 saturated carbocycles. The molecule has 0 bridgehead atoms. The molecule has 4 nitrogen and oxygen atoms in total. The van der Waals surface area contributed by atoms with Crippen molar-refractivity contribution in [1.82, 2.24) is 0 Å². The number of rotatable bonds is 3. The zero-order valence-corrected chi connectivity index (χ0v) is 8.91. The van der Waals surface area contributed by atoms with Crippen LogP contribution < -0.4 is 5.73 Å². The van der Waals surface area contributed by atoms with E-state index < -0.39 is 12.2 Å². The number of primary amides is 1. The zero-order valence-electron chi connectivity index (χ0n) is 7.33. The van der Waals surface area contributed by atoms with Crippen LogP contribution in [-0.2, 0) is 14.3 Å². The molecule has 0 saturated heterocycles. The van der Waals surface area contributed by atoms with Gasteiger partial charge < -0.3 is 15.2 Å². The monoisotopic (exact) mass is 249 g/mol. The van der Waals surface area contributed by atoms with Crippen LogP contribution in [0.1, 0.15) is 13.3 Å². The minimum absolute atomic E-state index is 0.0792. The van der Waals surface area contributed by atoms with E-state index in [4.69, 9.17) is 15.2 Å². The fourth-order valence-corrected chi connectivity index (χ4v) is 1.49. The molecule has 74 valence electrons. The number of ether oxygens (including phenoxy) is 2. The summed E-state index contributed by atoms with van der Waals surface area (Å²) in [5.74, 6) is -0.363. The Kier molecular flexibility index (Phi) is 3.74. The minimum atomic E-state index is -0.552. The Morgan fingerprint density at radius 1 is 1.92 bits per heavy atom. The standard InChI is InChI=1S/C8H12BrNO3/c1-2-12-8-5(9)3-4-6(13-8)7(10)11/h4-5,8H,2-3H2,1H3,(H2,10,11)/t5-,8-/m0/s1. The van der Waals surface area contributed by atoms with Crippen molar-refractivity contribution >= 4 is 21.8 Å². The first-order valence-corrected chi connectivity index (χ1v) is 4.99. The molecule has 0 unspecified atom stereocenters. The Labute approximate surface area is 85.2 Å². The van der Waals surface area contributed by atoms with Crippen LogP contribution in [0.5, 0.6) is 0 Å². The lowest BCUT2D eigenvalue weighted by molar-refractivity contribution is -0.138. The van der Waals surface area contributed by atoms with Crippen molar-refractivity contribution in [3.8, 4) is 0 Å². The number of alkyl halides is 1. The maximum atomic E-state index is 10.8. The average Bonchev–Trinajstić information content (AvgIpc) is 2.08. The molecule has 0 fully saturated rings. The van der Waals surface area contributed by atoms with Crippen LogP contribution in [0.25, 0.3) is 0 Å². The summed E-state index contributed by atoms with van der Waals surface area (Å²) < 4.78 is 10.5. The van der Waals surface area contributed by atoms with Gasteiger partial charge >= 0.3 is 0 Å². The molecule has 5 heteroatoms. The van der Waals surface area contributed by atoms with Gasteiger partial charge in [-0.1, -0.05) is 15.9 Å². The topological polar surface area (TPSA) is 61.6 Å². The van der Waals surface area contributed by atoms with Gasteiger partial charge in [-0.2, -0.15) is 0 Å². The summed E-state index contributed by atoms with van der Waals surface area (Å²) in [6.07, 6.45) is 1.93. The van der Waals surface area contributed by atoms with E-state index in [0.29, 0.717) is 13.0 Å². The van der Waals surface area contributed by atoms with Crippen molar-refractivity contribution in [3.63, 3.8) is 0 Å². The van der Waals surface area contributed by atoms with Crippen molar-refractivity contribution in [2.45, 2.75) is 24.5 Å². The van der Waals surface area contributed by atoms with Crippen LogP contribution in [0.3, 0.4) is 0 Å². The normalized spacial score (nSPS) is 27.7. The third-order valence-corrected chi connectivity index (χ3v) is 2.45. The largest absolute Gasteiger partial charge is 0.458 e. The fraction of sp³-hybridized carbons (Fsp3) is 0.625. The van der Waals surface area contributed by atoms with Gasteiger partial charge in [0.2, 0.25) is 6.29 Å². The van der Waals surface area contributed by atoms with Crippen molar-refractivity contribution in [3.05, 3.63) is 11.8 Å². The lowest BCUT2D eigenvalue weighted by Crippen LogP contribution is -2.33. The van der Waals surface area contributed by atoms with E-state index >= 15 is 0 Å². The number of halogens is 1. The summed E-state index contributed by atoms with van der Waals surface area (Å²) in [5, 5.41) is 0. The molecule has 0 radical (unpaired) electrons. The maximum absolute atomic E-state index is 10.8. The Balaban J connectivity index is 2.60. The summed E-state index contributed by atoms with van der Waals surface area (Å²) >= 11 is 3.39. The van der Waals surface area contributed by atoms with Gasteiger partial charge in [-0.3, -0.25) is 4.79 Å². The average molecular weight is 250 g/mol. The SMILES string of the molecule is CCO[C@H]1OC(C(N)=O)=CC[C@@H]1Br. The number of hydrogen-bond donors (Lipinski definition) is 1. The predicted molar refractivity (Wildman–Crippen MR) is 51.1 cm³/mol. The Bertz CT molecular complexity index is 229. The quantitative estimate of drug-likeness (QED) is 0.757. The molecule has 13 heavy (non-hydrogen) atoms. The van der Waals surface area contributed by atoms with Gasteiger partial charge in [-0.05, 0) is 19.4 Å². The van der Waals surface area contributed by atoms with Crippen molar-refractivity contribution in [2.75, 3.05) is 6.61 Å². The molecular formula is C8H12BrNO3. The van der Waals surface area contributed by atoms with Crippen LogP contribution in [0, 0.1) is 0 Å². The van der Waals surface area contributed by atoms with Gasteiger partial charge in [0.25, 0.3) is 5.91 Å². The van der Waals surface area contributed by atoms with E-state index in [9.17, 15) is 4.79 Å². The summed E-state index contributed by atoms with van der Waals surface area (Å²) in [7, 11) is 0. The van der Waals surface area contributed by atoms with Crippen molar-refractivity contribution in [1.29, 1.82) is 0 Å². The molecular weight excluding hydrogens is 238 g/mol. The van der Waals surface area contributed by atoms with Crippen LogP contribution in [0.4, 0.5) is 0 Å². The summed E-state index contributed by atoms with van der Waals surface area (Å²) in [4.78, 5) is 10.8. The third kappa shape index (κ3) is 2.70. The number of nitrogens with two attached hydrogens (primary N) is 1. The number of carbonyl (C=O) groups is 1. The number of allylic oxidation sites excluding steroid dienone is 1. The number of amides is 1. The molecule has 1 rings (SSSR count). The molecule has 1 aliphatic heterocycles. The second kappa shape index (κ2) is 4.62. The molecule has 0 spiro atoms. The van der Waals surface area contributed by atoms with Gasteiger partial charge in [-0.25, -0.2) is 0 Å². The highest BCUT2D eigenvalue weighted by atomic mass is 79.9. The van der Waals surface area contributed by atoms with Crippen molar-refractivity contribution in [2.24, 2.45) is 5.73 Å². The van der Waals surface area contributed by atoms with E-state index in [1.54, 1.807) is 6.08 Å². The molecule has 0 aromatic carbocycles. The van der Waals surface area contributed by atoms with E-state index in [0.717, 1.165) is 0 Å². The first kappa shape index (κ1) is 10.5. The van der Waals surface area contributed by atoms with Gasteiger partial charge in [0, 0.05) is 6.61 Å². The predicted octanol–water partition coefficient (Wildman–Crippen LogP) is 0.902. The molecule has 2 N–H and O–H groups in total. The zero-order chi connectivity index (χ0) is 9.84. The summed E-state index contributed by atoms with van der Waals surface area (Å²) in [6, 6.07) is 0. The molecule has 0 aromatic heterocycles. The second-order valence-electron chi connectivity index (χ2n) is 2.63. The van der Waals surface area contributed by atoms with Gasteiger partial charge in [0.05, 0.1) is 4.83 Å². The van der Waals surface area contributed by atoms with Crippen LogP contribution in [0.15, 0.2) is 11.8 Å². The molecule has 1 heterocycles. The lowest BCUT2D eigenvalue weighted by atomic mass is 10.2. The fourth-order valence-electron chi connectivity index (χ4n) is 1.04. The molecule has 0 aliphatic carbocycles. The highest BCUT2D eigenvalue weighted by molar-refractivity contribution is 9.09. The van der Waals surface area contributed by atoms with Gasteiger partial charge in [0.15, 0.2) is 5.76 Å². The summed E-state index contributed by atoms with van der Waals surface area (Å²) in [5.41, 5.74) is 5.07. The van der Waals surface area contributed by atoms with Crippen molar-refractivity contribution < 1.29 is 14.3 Å². The third-order valence-electron chi connectivity index (χ3n) is 1.64. The van der Waals surface area contributed by atoms with E-state index in [-0.39, 0.29) is 10.6 Å². The number of hydrogen-bond acceptors (Lipinski definition) is 3. The van der Waals surface area contributed by atoms with Gasteiger partial charge in [0.1, 0.15) is 0 Å². The van der Waals surface area contributed by atoms with E-state index in [1.807, 2.05) is 6.92 Å². The first-order valence-electron chi connectivity index (χ1n) is 4.07. The molecule has 1 aliphatic rings. The minimum Gasteiger partial charge on any atom is -0.458 e. The Hall–Kier alpha value is -0.550. The van der Waals surface area contributed by atoms with Crippen LogP contribution in [-0.4, -0.2) is 23.6 Å². The van der Waals surface area contributed by atoms with Gasteiger partial charge in [-0.15, -0.1) is 0 Å². The number of carbonyl (C=O) groups excluding carboxylic acids is 1. The van der Waals surface area contributed by atoms with E-state index in [2.05, 4.69) is 15.9 Å². The Morgan fingerprint density at radius 2 is 2.62 bits per heavy atom. The maximum Gasteiger partial charge on any atom is 0.283 e. The highest BCUT2D eigenvalue weighted by Gasteiger charge is 2.27. The second-order valence-corrected chi connectivity index (χ2v) is 3.80. The molecule has 0 aromatic rings.